The summed E-state index contributed by atoms with van der Waals surface area (Å²) < 4.78 is 20.7. The van der Waals surface area contributed by atoms with Crippen LogP contribution in [0.5, 0.6) is 5.75 Å². The lowest BCUT2D eigenvalue weighted by Crippen LogP contribution is -2.03. The van der Waals surface area contributed by atoms with Crippen molar-refractivity contribution in [1.82, 2.24) is 9.55 Å². The summed E-state index contributed by atoms with van der Waals surface area (Å²) in [7, 11) is 0. The lowest BCUT2D eigenvalue weighted by Gasteiger charge is -2.07. The monoisotopic (exact) mass is 234 g/mol. The highest BCUT2D eigenvalue weighted by Gasteiger charge is 2.00. The Hall–Kier alpha value is -1.84. The maximum absolute atomic E-state index is 13.2. The first kappa shape index (κ1) is 11.6. The van der Waals surface area contributed by atoms with Crippen molar-refractivity contribution in [3.63, 3.8) is 0 Å². The molecule has 0 aliphatic heterocycles. The number of imidazole rings is 1. The molecule has 0 amide bonds. The van der Waals surface area contributed by atoms with Crippen LogP contribution in [0.25, 0.3) is 0 Å². The van der Waals surface area contributed by atoms with E-state index in [2.05, 4.69) is 4.98 Å². The molecule has 0 bridgehead atoms. The average Bonchev–Trinajstić information content (AvgIpc) is 2.82. The quantitative estimate of drug-likeness (QED) is 0.744. The van der Waals surface area contributed by atoms with E-state index in [0.717, 1.165) is 13.0 Å². The second-order valence-electron chi connectivity index (χ2n) is 3.91. The molecule has 1 aromatic heterocycles. The predicted molar refractivity (Wildman–Crippen MR) is 63.5 cm³/mol. The van der Waals surface area contributed by atoms with Crippen LogP contribution in [0, 0.1) is 12.7 Å². The molecule has 0 N–H and O–H groups in total. The summed E-state index contributed by atoms with van der Waals surface area (Å²) in [6.07, 6.45) is 6.29. The minimum Gasteiger partial charge on any atom is -0.493 e. The smallest absolute Gasteiger partial charge is 0.129 e. The summed E-state index contributed by atoms with van der Waals surface area (Å²) in [5, 5.41) is 0. The molecule has 0 aliphatic carbocycles. The van der Waals surface area contributed by atoms with Crippen LogP contribution in [-0.2, 0) is 6.54 Å². The van der Waals surface area contributed by atoms with Gasteiger partial charge in [-0.15, -0.1) is 0 Å². The molecule has 0 unspecified atom stereocenters. The van der Waals surface area contributed by atoms with E-state index in [9.17, 15) is 4.39 Å². The van der Waals surface area contributed by atoms with Crippen LogP contribution >= 0.6 is 0 Å². The number of aromatic nitrogens is 2. The first-order valence-corrected chi connectivity index (χ1v) is 5.60. The van der Waals surface area contributed by atoms with Gasteiger partial charge in [-0.1, -0.05) is 6.07 Å². The van der Waals surface area contributed by atoms with Gasteiger partial charge >= 0.3 is 0 Å². The zero-order chi connectivity index (χ0) is 12.1. The molecule has 2 aromatic rings. The molecule has 0 aliphatic rings. The molecule has 0 radical (unpaired) electrons. The van der Waals surface area contributed by atoms with Gasteiger partial charge in [0.25, 0.3) is 0 Å². The van der Waals surface area contributed by atoms with E-state index in [1.807, 2.05) is 10.8 Å². The second-order valence-corrected chi connectivity index (χ2v) is 3.91. The topological polar surface area (TPSA) is 27.1 Å². The average molecular weight is 234 g/mol. The Bertz CT molecular complexity index is 468. The van der Waals surface area contributed by atoms with Crippen LogP contribution in [0.4, 0.5) is 4.39 Å². The second kappa shape index (κ2) is 5.48. The number of hydrogen-bond donors (Lipinski definition) is 0. The van der Waals surface area contributed by atoms with Crippen molar-refractivity contribution in [2.24, 2.45) is 0 Å². The van der Waals surface area contributed by atoms with Crippen LogP contribution in [0.2, 0.25) is 0 Å². The highest BCUT2D eigenvalue weighted by molar-refractivity contribution is 5.27. The summed E-state index contributed by atoms with van der Waals surface area (Å²) in [6, 6.07) is 4.93. The minimum absolute atomic E-state index is 0.225. The van der Waals surface area contributed by atoms with E-state index < -0.39 is 0 Å². The SMILES string of the molecule is Cc1ccc(OCCCn2ccnc2)cc1F. The zero-order valence-corrected chi connectivity index (χ0v) is 9.77. The molecular formula is C13H15FN2O. The van der Waals surface area contributed by atoms with Crippen LogP contribution in [-0.4, -0.2) is 16.2 Å². The fraction of sp³-hybridized carbons (Fsp3) is 0.308. The molecule has 0 atom stereocenters. The number of halogens is 1. The van der Waals surface area contributed by atoms with Gasteiger partial charge in [-0.05, 0) is 25.0 Å². The standard InChI is InChI=1S/C13H15FN2O/c1-11-3-4-12(9-13(11)14)17-8-2-6-16-7-5-15-10-16/h3-5,7,9-10H,2,6,8H2,1H3. The summed E-state index contributed by atoms with van der Waals surface area (Å²) in [4.78, 5) is 3.95. The molecule has 1 heterocycles. The molecule has 90 valence electrons. The molecule has 0 saturated carbocycles. The van der Waals surface area contributed by atoms with Crippen molar-refractivity contribution >= 4 is 0 Å². The van der Waals surface area contributed by atoms with Crippen LogP contribution in [0.1, 0.15) is 12.0 Å². The van der Waals surface area contributed by atoms with Gasteiger partial charge < -0.3 is 9.30 Å². The van der Waals surface area contributed by atoms with E-state index in [-0.39, 0.29) is 5.82 Å². The third-order valence-electron chi connectivity index (χ3n) is 2.53. The van der Waals surface area contributed by atoms with Crippen molar-refractivity contribution in [2.75, 3.05) is 6.61 Å². The van der Waals surface area contributed by atoms with Crippen LogP contribution < -0.4 is 4.74 Å². The Balaban J connectivity index is 1.76. The summed E-state index contributed by atoms with van der Waals surface area (Å²) in [5.74, 6) is 0.357. The number of benzene rings is 1. The fourth-order valence-electron chi connectivity index (χ4n) is 1.52. The third kappa shape index (κ3) is 3.31. The van der Waals surface area contributed by atoms with Gasteiger partial charge in [0.15, 0.2) is 0 Å². The molecule has 1 aromatic carbocycles. The number of ether oxygens (including phenoxy) is 1. The fourth-order valence-corrected chi connectivity index (χ4v) is 1.52. The lowest BCUT2D eigenvalue weighted by atomic mass is 10.2. The van der Waals surface area contributed by atoms with Crippen LogP contribution in [0.3, 0.4) is 0 Å². The van der Waals surface area contributed by atoms with E-state index >= 15 is 0 Å². The molecule has 0 fully saturated rings. The van der Waals surface area contributed by atoms with E-state index in [4.69, 9.17) is 4.74 Å². The maximum atomic E-state index is 13.2. The minimum atomic E-state index is -0.225. The highest BCUT2D eigenvalue weighted by atomic mass is 19.1. The maximum Gasteiger partial charge on any atom is 0.129 e. The van der Waals surface area contributed by atoms with Gasteiger partial charge in [0.2, 0.25) is 0 Å². The van der Waals surface area contributed by atoms with Gasteiger partial charge in [-0.2, -0.15) is 0 Å². The van der Waals surface area contributed by atoms with Gasteiger partial charge in [0.05, 0.1) is 12.9 Å². The molecule has 2 rings (SSSR count). The zero-order valence-electron chi connectivity index (χ0n) is 9.77. The first-order chi connectivity index (χ1) is 8.25. The summed E-state index contributed by atoms with van der Waals surface area (Å²) >= 11 is 0. The third-order valence-corrected chi connectivity index (χ3v) is 2.53. The molecule has 0 spiro atoms. The Morgan fingerprint density at radius 3 is 3.00 bits per heavy atom. The Morgan fingerprint density at radius 2 is 2.29 bits per heavy atom. The van der Waals surface area contributed by atoms with E-state index in [0.29, 0.717) is 17.9 Å². The van der Waals surface area contributed by atoms with Gasteiger partial charge in [-0.25, -0.2) is 9.37 Å². The van der Waals surface area contributed by atoms with E-state index in [1.165, 1.54) is 6.07 Å². The number of hydrogen-bond acceptors (Lipinski definition) is 2. The van der Waals surface area contributed by atoms with E-state index in [1.54, 1.807) is 31.6 Å². The van der Waals surface area contributed by atoms with Crippen LogP contribution in [0.15, 0.2) is 36.9 Å². The Kier molecular flexibility index (Phi) is 3.75. The van der Waals surface area contributed by atoms with Gasteiger partial charge in [0, 0.05) is 25.0 Å². The number of rotatable bonds is 5. The van der Waals surface area contributed by atoms with Crippen molar-refractivity contribution in [2.45, 2.75) is 19.9 Å². The molecule has 4 heteroatoms. The number of nitrogens with zero attached hydrogens (tertiary/aromatic N) is 2. The van der Waals surface area contributed by atoms with Gasteiger partial charge in [-0.3, -0.25) is 0 Å². The Labute approximate surface area is 99.9 Å². The molecule has 17 heavy (non-hydrogen) atoms. The van der Waals surface area contributed by atoms with Crippen molar-refractivity contribution in [3.8, 4) is 5.75 Å². The highest BCUT2D eigenvalue weighted by Crippen LogP contribution is 2.15. The molecule has 0 saturated heterocycles. The van der Waals surface area contributed by atoms with Gasteiger partial charge in [0.1, 0.15) is 11.6 Å². The lowest BCUT2D eigenvalue weighted by molar-refractivity contribution is 0.300. The number of aryl methyl sites for hydroxylation is 2. The largest absolute Gasteiger partial charge is 0.493 e. The normalized spacial score (nSPS) is 10.5. The predicted octanol–water partition coefficient (Wildman–Crippen LogP) is 2.80. The Morgan fingerprint density at radius 1 is 1.41 bits per heavy atom. The molecular weight excluding hydrogens is 219 g/mol. The molecule has 3 nitrogen and oxygen atoms in total. The van der Waals surface area contributed by atoms with Crippen molar-refractivity contribution < 1.29 is 9.13 Å². The summed E-state index contributed by atoms with van der Waals surface area (Å²) in [6.45, 7) is 3.16. The van der Waals surface area contributed by atoms with Crippen molar-refractivity contribution in [3.05, 3.63) is 48.3 Å². The summed E-state index contributed by atoms with van der Waals surface area (Å²) in [5.41, 5.74) is 0.635. The van der Waals surface area contributed by atoms with Crippen molar-refractivity contribution in [1.29, 1.82) is 0 Å². The first-order valence-electron chi connectivity index (χ1n) is 5.60.